The highest BCUT2D eigenvalue weighted by molar-refractivity contribution is 14.0. The zero-order valence-corrected chi connectivity index (χ0v) is 20.8. The van der Waals surface area contributed by atoms with E-state index in [0.29, 0.717) is 31.5 Å². The Balaban J connectivity index is 0.00000341. The topological polar surface area (TPSA) is 71.7 Å². The molecule has 1 aromatic heterocycles. The molecule has 0 amide bonds. The Morgan fingerprint density at radius 3 is 2.39 bits per heavy atom. The summed E-state index contributed by atoms with van der Waals surface area (Å²) < 4.78 is 11.7. The number of guanidine groups is 1. The minimum Gasteiger partial charge on any atom is -0.489 e. The summed E-state index contributed by atoms with van der Waals surface area (Å²) in [5, 5.41) is 6.54. The number of nitrogens with one attached hydrogen (secondary N) is 2. The van der Waals surface area contributed by atoms with Gasteiger partial charge in [-0.25, -0.2) is 4.98 Å². The van der Waals surface area contributed by atoms with Crippen LogP contribution in [0.4, 0.5) is 0 Å². The Morgan fingerprint density at radius 2 is 1.71 bits per heavy atom. The monoisotopic (exact) mass is 534 g/mol. The Hall–Kier alpha value is -2.55. The molecule has 0 saturated heterocycles. The molecule has 0 saturated carbocycles. The molecule has 0 aliphatic heterocycles. The average molecular weight is 534 g/mol. The summed E-state index contributed by atoms with van der Waals surface area (Å²) in [7, 11) is 1.74. The maximum Gasteiger partial charge on any atom is 0.213 e. The molecule has 166 valence electrons. The van der Waals surface area contributed by atoms with E-state index in [-0.39, 0.29) is 29.4 Å². The minimum absolute atomic E-state index is 0. The van der Waals surface area contributed by atoms with Crippen LogP contribution in [0.15, 0.2) is 70.2 Å². The second-order valence-electron chi connectivity index (χ2n) is 8.07. The van der Waals surface area contributed by atoms with Crippen molar-refractivity contribution in [3.8, 4) is 5.75 Å². The van der Waals surface area contributed by atoms with Gasteiger partial charge in [0.1, 0.15) is 18.1 Å². The number of benzene rings is 2. The van der Waals surface area contributed by atoms with Crippen LogP contribution in [0.5, 0.6) is 5.75 Å². The third-order valence-corrected chi connectivity index (χ3v) is 4.53. The summed E-state index contributed by atoms with van der Waals surface area (Å²) in [4.78, 5) is 8.60. The van der Waals surface area contributed by atoms with Gasteiger partial charge >= 0.3 is 0 Å². The van der Waals surface area contributed by atoms with Crippen molar-refractivity contribution in [2.24, 2.45) is 4.99 Å². The van der Waals surface area contributed by atoms with Crippen LogP contribution in [0.1, 0.15) is 43.5 Å². The summed E-state index contributed by atoms with van der Waals surface area (Å²) in [6.07, 6.45) is 1.79. The molecule has 0 aliphatic rings. The zero-order chi connectivity index (χ0) is 21.4. The van der Waals surface area contributed by atoms with Crippen molar-refractivity contribution in [1.29, 1.82) is 0 Å². The highest BCUT2D eigenvalue weighted by Gasteiger charge is 2.19. The van der Waals surface area contributed by atoms with E-state index in [4.69, 9.17) is 9.15 Å². The van der Waals surface area contributed by atoms with Crippen molar-refractivity contribution in [1.82, 2.24) is 15.6 Å². The molecule has 0 fully saturated rings. The highest BCUT2D eigenvalue weighted by Crippen LogP contribution is 2.22. The van der Waals surface area contributed by atoms with E-state index in [0.717, 1.165) is 22.6 Å². The lowest BCUT2D eigenvalue weighted by Crippen LogP contribution is -2.36. The van der Waals surface area contributed by atoms with Gasteiger partial charge in [0.15, 0.2) is 5.96 Å². The lowest BCUT2D eigenvalue weighted by Gasteiger charge is -2.14. The molecule has 2 aromatic carbocycles. The molecule has 2 N–H and O–H groups in total. The Bertz CT molecular complexity index is 965. The number of hydrogen-bond donors (Lipinski definition) is 2. The van der Waals surface area contributed by atoms with Gasteiger partial charge in [-0.1, -0.05) is 63.2 Å². The molecule has 0 atom stereocenters. The van der Waals surface area contributed by atoms with Crippen molar-refractivity contribution >= 4 is 29.9 Å². The predicted molar refractivity (Wildman–Crippen MR) is 135 cm³/mol. The lowest BCUT2D eigenvalue weighted by atomic mass is 9.94. The van der Waals surface area contributed by atoms with E-state index in [2.05, 4.69) is 59.6 Å². The third-order valence-electron chi connectivity index (χ3n) is 4.53. The average Bonchev–Trinajstić information content (AvgIpc) is 3.23. The van der Waals surface area contributed by atoms with Gasteiger partial charge in [-0.2, -0.15) is 0 Å². The normalized spacial score (nSPS) is 11.5. The lowest BCUT2D eigenvalue weighted by molar-refractivity contribution is 0.306. The summed E-state index contributed by atoms with van der Waals surface area (Å²) >= 11 is 0. The first-order chi connectivity index (χ1) is 14.4. The van der Waals surface area contributed by atoms with Crippen LogP contribution in [-0.2, 0) is 25.1 Å². The molecular weight excluding hydrogens is 503 g/mol. The van der Waals surface area contributed by atoms with Crippen molar-refractivity contribution < 1.29 is 9.15 Å². The molecule has 31 heavy (non-hydrogen) atoms. The van der Waals surface area contributed by atoms with Crippen LogP contribution >= 0.6 is 24.0 Å². The SMILES string of the molecule is CN=C(NCc1cccc(OCc2ccccc2)c1)NCc1ncc(C(C)(C)C)o1.I. The number of aromatic nitrogens is 1. The van der Waals surface area contributed by atoms with Gasteiger partial charge in [-0.3, -0.25) is 4.99 Å². The number of hydrogen-bond acceptors (Lipinski definition) is 4. The molecular formula is C24H31IN4O2. The number of aliphatic imine (C=N–C) groups is 1. The third kappa shape index (κ3) is 7.90. The Kier molecular flexibility index (Phi) is 9.36. The maximum atomic E-state index is 5.91. The van der Waals surface area contributed by atoms with Crippen molar-refractivity contribution in [2.45, 2.75) is 45.9 Å². The molecule has 0 aliphatic carbocycles. The van der Waals surface area contributed by atoms with E-state index in [1.54, 1.807) is 13.2 Å². The van der Waals surface area contributed by atoms with Gasteiger partial charge in [0, 0.05) is 19.0 Å². The van der Waals surface area contributed by atoms with E-state index in [9.17, 15) is 0 Å². The molecule has 0 spiro atoms. The van der Waals surface area contributed by atoms with Gasteiger partial charge in [0.25, 0.3) is 0 Å². The molecule has 0 radical (unpaired) electrons. The highest BCUT2D eigenvalue weighted by atomic mass is 127. The van der Waals surface area contributed by atoms with E-state index in [1.165, 1.54) is 0 Å². The molecule has 0 unspecified atom stereocenters. The number of nitrogens with zero attached hydrogens (tertiary/aromatic N) is 2. The van der Waals surface area contributed by atoms with E-state index >= 15 is 0 Å². The molecule has 0 bridgehead atoms. The second kappa shape index (κ2) is 11.7. The number of rotatable bonds is 7. The number of oxazole rings is 1. The van der Waals surface area contributed by atoms with Gasteiger partial charge in [0.05, 0.1) is 12.7 Å². The molecule has 6 nitrogen and oxygen atoms in total. The van der Waals surface area contributed by atoms with Crippen LogP contribution in [0.3, 0.4) is 0 Å². The minimum atomic E-state index is -0.0568. The van der Waals surface area contributed by atoms with Crippen LogP contribution in [0.25, 0.3) is 0 Å². The van der Waals surface area contributed by atoms with Crippen LogP contribution in [0, 0.1) is 0 Å². The standard InChI is InChI=1S/C24H30N4O2.HI/c1-24(2,3)21-15-26-22(30-21)16-28-23(25-4)27-14-19-11-8-12-20(13-19)29-17-18-9-6-5-7-10-18;/h5-13,15H,14,16-17H2,1-4H3,(H2,25,27,28);1H. The van der Waals surface area contributed by atoms with Gasteiger partial charge in [-0.05, 0) is 23.3 Å². The largest absolute Gasteiger partial charge is 0.489 e. The molecule has 3 aromatic rings. The fraction of sp³-hybridized carbons (Fsp3) is 0.333. The van der Waals surface area contributed by atoms with Gasteiger partial charge in [0.2, 0.25) is 5.89 Å². The maximum absolute atomic E-state index is 5.91. The van der Waals surface area contributed by atoms with Gasteiger partial charge in [-0.15, -0.1) is 24.0 Å². The quantitative estimate of drug-likeness (QED) is 0.253. The summed E-state index contributed by atoms with van der Waals surface area (Å²) in [6.45, 7) is 7.94. The van der Waals surface area contributed by atoms with Crippen LogP contribution in [-0.4, -0.2) is 18.0 Å². The fourth-order valence-electron chi connectivity index (χ4n) is 2.79. The van der Waals surface area contributed by atoms with Crippen molar-refractivity contribution in [2.75, 3.05) is 7.05 Å². The summed E-state index contributed by atoms with van der Waals surface area (Å²) in [5.74, 6) is 3.03. The van der Waals surface area contributed by atoms with Crippen molar-refractivity contribution in [3.05, 3.63) is 83.6 Å². The smallest absolute Gasteiger partial charge is 0.213 e. The van der Waals surface area contributed by atoms with Crippen LogP contribution in [0.2, 0.25) is 0 Å². The van der Waals surface area contributed by atoms with E-state index < -0.39 is 0 Å². The zero-order valence-electron chi connectivity index (χ0n) is 18.5. The molecule has 7 heteroatoms. The second-order valence-corrected chi connectivity index (χ2v) is 8.07. The number of halogens is 1. The van der Waals surface area contributed by atoms with Crippen LogP contribution < -0.4 is 15.4 Å². The first-order valence-electron chi connectivity index (χ1n) is 10.1. The first-order valence-corrected chi connectivity index (χ1v) is 10.1. The van der Waals surface area contributed by atoms with Crippen molar-refractivity contribution in [3.63, 3.8) is 0 Å². The molecule has 1 heterocycles. The summed E-state index contributed by atoms with van der Waals surface area (Å²) in [5.41, 5.74) is 2.19. The number of ether oxygens (including phenoxy) is 1. The molecule has 3 rings (SSSR count). The predicted octanol–water partition coefficient (Wildman–Crippen LogP) is 5.03. The first kappa shape index (κ1) is 24.7. The Labute approximate surface area is 201 Å². The summed E-state index contributed by atoms with van der Waals surface area (Å²) in [6, 6.07) is 18.2. The van der Waals surface area contributed by atoms with Gasteiger partial charge < -0.3 is 19.8 Å². The fourth-order valence-corrected chi connectivity index (χ4v) is 2.79. The Morgan fingerprint density at radius 1 is 1.00 bits per heavy atom. The van der Waals surface area contributed by atoms with E-state index in [1.807, 2.05) is 36.4 Å².